The van der Waals surface area contributed by atoms with Crippen molar-refractivity contribution in [2.24, 2.45) is 5.92 Å². The molecule has 1 atom stereocenters. The number of piperidine rings is 1. The Morgan fingerprint density at radius 2 is 1.73 bits per heavy atom. The largest absolute Gasteiger partial charge is 0.453 e. The SMILES string of the molecule is Cc1csc(Nc2ncc(SC(c3ccccn3)C3CCN(C(C)C)CC3)cc2Oc2ccccc2)n1.Cl.Cl.Cl. The minimum absolute atomic E-state index is 0. The monoisotopic (exact) mass is 639 g/mol. The zero-order chi connectivity index (χ0) is 25.6. The molecule has 216 valence electrons. The third kappa shape index (κ3) is 8.96. The molecule has 3 aromatic heterocycles. The van der Waals surface area contributed by atoms with Crippen molar-refractivity contribution in [3.63, 3.8) is 0 Å². The molecule has 11 heteroatoms. The molecular weight excluding hydrogens is 605 g/mol. The number of nitrogens with zero attached hydrogens (tertiary/aromatic N) is 4. The summed E-state index contributed by atoms with van der Waals surface area (Å²) in [6, 6.07) is 18.7. The number of thiazole rings is 1. The third-order valence-electron chi connectivity index (χ3n) is 6.62. The second-order valence-corrected chi connectivity index (χ2v) is 11.7. The van der Waals surface area contributed by atoms with Gasteiger partial charge in [0.2, 0.25) is 0 Å². The molecule has 0 saturated carbocycles. The summed E-state index contributed by atoms with van der Waals surface area (Å²) in [5.41, 5.74) is 2.11. The second kappa shape index (κ2) is 16.4. The molecule has 1 unspecified atom stereocenters. The number of nitrogens with one attached hydrogen (secondary N) is 1. The van der Waals surface area contributed by atoms with Crippen molar-refractivity contribution in [1.82, 2.24) is 19.9 Å². The Bertz CT molecular complexity index is 1290. The summed E-state index contributed by atoms with van der Waals surface area (Å²) in [5, 5.41) is 6.42. The number of ether oxygens (including phenoxy) is 1. The van der Waals surface area contributed by atoms with Crippen LogP contribution in [0.25, 0.3) is 0 Å². The van der Waals surface area contributed by atoms with E-state index in [0.717, 1.165) is 53.1 Å². The predicted molar refractivity (Wildman–Crippen MR) is 175 cm³/mol. The van der Waals surface area contributed by atoms with Crippen LogP contribution in [0.1, 0.15) is 43.3 Å². The van der Waals surface area contributed by atoms with Gasteiger partial charge in [-0.2, -0.15) is 0 Å². The number of likely N-dealkylation sites (tertiary alicyclic amines) is 1. The van der Waals surface area contributed by atoms with Gasteiger partial charge < -0.3 is 15.0 Å². The van der Waals surface area contributed by atoms with E-state index < -0.39 is 0 Å². The molecule has 4 heterocycles. The molecule has 1 aliphatic rings. The van der Waals surface area contributed by atoms with Crippen molar-refractivity contribution in [1.29, 1.82) is 0 Å². The molecule has 0 amide bonds. The lowest BCUT2D eigenvalue weighted by molar-refractivity contribution is 0.148. The summed E-state index contributed by atoms with van der Waals surface area (Å²) in [7, 11) is 0. The van der Waals surface area contributed by atoms with E-state index in [1.165, 1.54) is 0 Å². The third-order valence-corrected chi connectivity index (χ3v) is 8.87. The summed E-state index contributed by atoms with van der Waals surface area (Å²) >= 11 is 3.39. The van der Waals surface area contributed by atoms with Crippen LogP contribution in [-0.4, -0.2) is 39.0 Å². The van der Waals surface area contributed by atoms with E-state index in [2.05, 4.69) is 47.2 Å². The normalized spacial score (nSPS) is 14.4. The lowest BCUT2D eigenvalue weighted by atomic mass is 9.91. The maximum atomic E-state index is 6.32. The first kappa shape index (κ1) is 34.1. The number of anilines is 2. The van der Waals surface area contributed by atoms with Crippen LogP contribution >= 0.6 is 60.3 Å². The van der Waals surface area contributed by atoms with Crippen LogP contribution in [0.4, 0.5) is 10.9 Å². The van der Waals surface area contributed by atoms with Crippen molar-refractivity contribution < 1.29 is 4.74 Å². The van der Waals surface area contributed by atoms with Crippen LogP contribution in [0.15, 0.2) is 77.3 Å². The first-order chi connectivity index (χ1) is 18.0. The van der Waals surface area contributed by atoms with E-state index in [9.17, 15) is 0 Å². The molecule has 0 bridgehead atoms. The lowest BCUT2D eigenvalue weighted by Gasteiger charge is -2.37. The van der Waals surface area contributed by atoms with E-state index in [1.807, 2.05) is 72.9 Å². The molecule has 0 aliphatic carbocycles. The summed E-state index contributed by atoms with van der Waals surface area (Å²) in [4.78, 5) is 17.7. The van der Waals surface area contributed by atoms with Gasteiger partial charge in [-0.3, -0.25) is 4.98 Å². The van der Waals surface area contributed by atoms with Gasteiger partial charge in [-0.15, -0.1) is 60.3 Å². The standard InChI is InChI=1S/C29H33N5OS2.3ClH/c1-20(2)34-15-12-22(13-16-34)27(25-11-7-8-14-30-25)37-24-17-26(35-23-9-5-4-6-10-23)28(31-18-24)33-29-32-21(3)19-36-29;;;/h4-11,14,17-20,22,27H,12-13,15-16H2,1-3H3,(H,31,32,33);3*1H. The van der Waals surface area contributed by atoms with Gasteiger partial charge in [0.1, 0.15) is 5.75 Å². The number of para-hydroxylation sites is 1. The number of hydrogen-bond acceptors (Lipinski definition) is 8. The minimum Gasteiger partial charge on any atom is -0.453 e. The second-order valence-electron chi connectivity index (χ2n) is 9.61. The van der Waals surface area contributed by atoms with E-state index in [4.69, 9.17) is 14.7 Å². The van der Waals surface area contributed by atoms with Crippen molar-refractivity contribution in [3.8, 4) is 11.5 Å². The Morgan fingerprint density at radius 3 is 2.35 bits per heavy atom. The molecule has 1 saturated heterocycles. The highest BCUT2D eigenvalue weighted by Crippen LogP contribution is 2.45. The highest BCUT2D eigenvalue weighted by atomic mass is 35.5. The number of hydrogen-bond donors (Lipinski definition) is 1. The molecule has 6 nitrogen and oxygen atoms in total. The Kier molecular flexibility index (Phi) is 14.0. The average Bonchev–Trinajstić information content (AvgIpc) is 3.34. The Labute approximate surface area is 264 Å². The van der Waals surface area contributed by atoms with Crippen LogP contribution in [-0.2, 0) is 0 Å². The topological polar surface area (TPSA) is 63.2 Å². The number of rotatable bonds is 9. The minimum atomic E-state index is 0. The Hall–Kier alpha value is -2.07. The van der Waals surface area contributed by atoms with Gasteiger partial charge in [0, 0.05) is 28.7 Å². The van der Waals surface area contributed by atoms with Crippen LogP contribution in [0.3, 0.4) is 0 Å². The number of halogens is 3. The van der Waals surface area contributed by atoms with Crippen LogP contribution in [0, 0.1) is 12.8 Å². The number of benzene rings is 1. The van der Waals surface area contributed by atoms with Gasteiger partial charge in [0.05, 0.1) is 16.6 Å². The molecule has 4 aromatic rings. The predicted octanol–water partition coefficient (Wildman–Crippen LogP) is 9.00. The molecule has 1 aliphatic heterocycles. The lowest BCUT2D eigenvalue weighted by Crippen LogP contribution is -2.39. The zero-order valence-electron chi connectivity index (χ0n) is 22.7. The molecular formula is C29H36Cl3N5OS2. The fraction of sp³-hybridized carbons (Fsp3) is 0.345. The molecule has 0 radical (unpaired) electrons. The van der Waals surface area contributed by atoms with Gasteiger partial charge in [0.15, 0.2) is 16.7 Å². The maximum absolute atomic E-state index is 6.32. The van der Waals surface area contributed by atoms with Gasteiger partial charge in [-0.05, 0) is 83.0 Å². The number of aromatic nitrogens is 3. The first-order valence-corrected chi connectivity index (χ1v) is 14.5. The number of pyridine rings is 2. The fourth-order valence-electron chi connectivity index (χ4n) is 4.62. The van der Waals surface area contributed by atoms with Gasteiger partial charge in [0.25, 0.3) is 0 Å². The highest BCUT2D eigenvalue weighted by Gasteiger charge is 2.30. The average molecular weight is 641 g/mol. The number of thioether (sulfide) groups is 1. The molecule has 1 fully saturated rings. The van der Waals surface area contributed by atoms with Gasteiger partial charge in [-0.1, -0.05) is 24.3 Å². The highest BCUT2D eigenvalue weighted by molar-refractivity contribution is 7.99. The van der Waals surface area contributed by atoms with E-state index in [1.54, 1.807) is 11.3 Å². The zero-order valence-corrected chi connectivity index (χ0v) is 26.8. The maximum Gasteiger partial charge on any atom is 0.188 e. The Morgan fingerprint density at radius 1 is 1.00 bits per heavy atom. The van der Waals surface area contributed by atoms with Crippen molar-refractivity contribution in [2.45, 2.75) is 49.8 Å². The van der Waals surface area contributed by atoms with E-state index in [-0.39, 0.29) is 42.5 Å². The molecule has 5 rings (SSSR count). The molecule has 40 heavy (non-hydrogen) atoms. The molecule has 0 spiro atoms. The summed E-state index contributed by atoms with van der Waals surface area (Å²) in [6.45, 7) is 8.81. The summed E-state index contributed by atoms with van der Waals surface area (Å²) < 4.78 is 6.32. The summed E-state index contributed by atoms with van der Waals surface area (Å²) in [5.74, 6) is 2.65. The van der Waals surface area contributed by atoms with Gasteiger partial charge >= 0.3 is 0 Å². The van der Waals surface area contributed by atoms with Gasteiger partial charge in [-0.25, -0.2) is 9.97 Å². The first-order valence-electron chi connectivity index (χ1n) is 12.8. The Balaban J connectivity index is 0.00000187. The fourth-order valence-corrected chi connectivity index (χ4v) is 6.61. The van der Waals surface area contributed by atoms with Crippen molar-refractivity contribution >= 4 is 71.3 Å². The van der Waals surface area contributed by atoms with Crippen LogP contribution < -0.4 is 10.1 Å². The quantitative estimate of drug-likeness (QED) is 0.183. The molecule has 1 N–H and O–H groups in total. The number of aryl methyl sites for hydroxylation is 1. The van der Waals surface area contributed by atoms with Crippen LogP contribution in [0.2, 0.25) is 0 Å². The van der Waals surface area contributed by atoms with Crippen molar-refractivity contribution in [3.05, 3.63) is 83.8 Å². The van der Waals surface area contributed by atoms with E-state index in [0.29, 0.717) is 23.5 Å². The summed E-state index contributed by atoms with van der Waals surface area (Å²) in [6.07, 6.45) is 6.16. The van der Waals surface area contributed by atoms with Crippen LogP contribution in [0.5, 0.6) is 11.5 Å². The smallest absolute Gasteiger partial charge is 0.188 e. The van der Waals surface area contributed by atoms with E-state index >= 15 is 0 Å². The van der Waals surface area contributed by atoms with Crippen molar-refractivity contribution in [2.75, 3.05) is 18.4 Å². The molecule has 1 aromatic carbocycles.